The Morgan fingerprint density at radius 1 is 1.15 bits per heavy atom. The molecule has 26 heavy (non-hydrogen) atoms. The number of nitrogens with zero attached hydrogens (tertiary/aromatic N) is 1. The zero-order valence-corrected chi connectivity index (χ0v) is 15.9. The van der Waals surface area contributed by atoms with E-state index in [9.17, 15) is 4.79 Å². The second-order valence-electron chi connectivity index (χ2n) is 5.64. The largest absolute Gasteiger partial charge is 0.494 e. The Balaban J connectivity index is 1.50. The average Bonchev–Trinajstić information content (AvgIpc) is 3.02. The smallest absolute Gasteiger partial charge is 0.264 e. The lowest BCUT2D eigenvalue weighted by Crippen LogP contribution is -2.19. The van der Waals surface area contributed by atoms with E-state index in [2.05, 4.69) is 17.2 Å². The minimum atomic E-state index is -0.265. The van der Waals surface area contributed by atoms with Crippen LogP contribution < -0.4 is 14.8 Å². The van der Waals surface area contributed by atoms with Crippen LogP contribution in [0.4, 0.5) is 5.13 Å². The first-order valence-corrected chi connectivity index (χ1v) is 9.55. The third kappa shape index (κ3) is 5.09. The molecule has 3 rings (SSSR count). The molecule has 1 amide bonds. The molecule has 0 unspecified atom stereocenters. The molecule has 0 aliphatic carbocycles. The molecule has 2 aromatic carbocycles. The normalized spacial score (nSPS) is 10.7. The highest BCUT2D eigenvalue weighted by atomic mass is 35.5. The maximum Gasteiger partial charge on any atom is 0.264 e. The highest BCUT2D eigenvalue weighted by Crippen LogP contribution is 2.28. The monoisotopic (exact) mass is 390 g/mol. The molecule has 3 aromatic rings. The molecule has 1 aromatic heterocycles. The summed E-state index contributed by atoms with van der Waals surface area (Å²) in [5.74, 6) is 1.14. The van der Waals surface area contributed by atoms with Crippen molar-refractivity contribution < 1.29 is 14.3 Å². The van der Waals surface area contributed by atoms with E-state index in [0.29, 0.717) is 22.5 Å². The van der Waals surface area contributed by atoms with Gasteiger partial charge in [-0.3, -0.25) is 10.1 Å². The van der Waals surface area contributed by atoms with Gasteiger partial charge < -0.3 is 9.47 Å². The molecule has 0 fully saturated rings. The lowest BCUT2D eigenvalue weighted by atomic mass is 10.3. The Morgan fingerprint density at radius 2 is 1.88 bits per heavy atom. The number of halogens is 1. The number of thiazole rings is 1. The standard InChI is InChI=1S/C19H19ClN2O3S/c1-2-3-10-24-14-5-7-15(8-6-14)25-12-18(23)22-19-21-16-9-4-13(20)11-17(16)26-19/h4-9,11H,2-3,10,12H2,1H3,(H,21,22,23). The number of hydrogen-bond acceptors (Lipinski definition) is 5. The second-order valence-corrected chi connectivity index (χ2v) is 7.11. The van der Waals surface area contributed by atoms with Crippen LogP contribution in [0.2, 0.25) is 5.02 Å². The van der Waals surface area contributed by atoms with Crippen molar-refractivity contribution >= 4 is 44.2 Å². The van der Waals surface area contributed by atoms with Gasteiger partial charge in [0.2, 0.25) is 0 Å². The SMILES string of the molecule is CCCCOc1ccc(OCC(=O)Nc2nc3ccc(Cl)cc3s2)cc1. The average molecular weight is 391 g/mol. The van der Waals surface area contributed by atoms with Crippen LogP contribution in [0, 0.1) is 0 Å². The highest BCUT2D eigenvalue weighted by Gasteiger charge is 2.09. The minimum Gasteiger partial charge on any atom is -0.494 e. The predicted octanol–water partition coefficient (Wildman–Crippen LogP) is 5.15. The van der Waals surface area contributed by atoms with Crippen molar-refractivity contribution in [2.75, 3.05) is 18.5 Å². The number of amides is 1. The summed E-state index contributed by atoms with van der Waals surface area (Å²) in [6.45, 7) is 2.73. The van der Waals surface area contributed by atoms with Crippen LogP contribution in [0.15, 0.2) is 42.5 Å². The molecule has 1 heterocycles. The number of hydrogen-bond donors (Lipinski definition) is 1. The first-order valence-electron chi connectivity index (χ1n) is 8.35. The Bertz CT molecular complexity index is 880. The summed E-state index contributed by atoms with van der Waals surface area (Å²) in [5, 5.41) is 3.91. The number of aromatic nitrogens is 1. The summed E-state index contributed by atoms with van der Waals surface area (Å²) in [6.07, 6.45) is 2.12. The van der Waals surface area contributed by atoms with E-state index in [-0.39, 0.29) is 12.5 Å². The van der Waals surface area contributed by atoms with E-state index in [1.54, 1.807) is 18.2 Å². The molecule has 0 atom stereocenters. The molecular weight excluding hydrogens is 372 g/mol. The fourth-order valence-electron chi connectivity index (χ4n) is 2.22. The van der Waals surface area contributed by atoms with Gasteiger partial charge in [0.15, 0.2) is 11.7 Å². The number of nitrogens with one attached hydrogen (secondary N) is 1. The lowest BCUT2D eigenvalue weighted by Gasteiger charge is -2.08. The lowest BCUT2D eigenvalue weighted by molar-refractivity contribution is -0.118. The first kappa shape index (κ1) is 18.5. The van der Waals surface area contributed by atoms with Gasteiger partial charge >= 0.3 is 0 Å². The quantitative estimate of drug-likeness (QED) is 0.540. The van der Waals surface area contributed by atoms with E-state index in [1.165, 1.54) is 11.3 Å². The number of benzene rings is 2. The number of rotatable bonds is 8. The topological polar surface area (TPSA) is 60.5 Å². The summed E-state index contributed by atoms with van der Waals surface area (Å²) in [4.78, 5) is 16.4. The van der Waals surface area contributed by atoms with Gasteiger partial charge in [0.1, 0.15) is 11.5 Å². The molecule has 0 spiro atoms. The van der Waals surface area contributed by atoms with E-state index in [0.717, 1.165) is 28.8 Å². The van der Waals surface area contributed by atoms with Gasteiger partial charge in [0.05, 0.1) is 16.8 Å². The van der Waals surface area contributed by atoms with E-state index in [4.69, 9.17) is 21.1 Å². The van der Waals surface area contributed by atoms with Gasteiger partial charge in [0.25, 0.3) is 5.91 Å². The third-order valence-corrected chi connectivity index (χ3v) is 4.73. The second kappa shape index (κ2) is 8.87. The van der Waals surface area contributed by atoms with E-state index in [1.807, 2.05) is 24.3 Å². The molecular formula is C19H19ClN2O3S. The summed E-state index contributed by atoms with van der Waals surface area (Å²) >= 11 is 7.33. The zero-order chi connectivity index (χ0) is 18.4. The Kier molecular flexibility index (Phi) is 6.30. The molecule has 0 bridgehead atoms. The van der Waals surface area contributed by atoms with Crippen LogP contribution in [0.3, 0.4) is 0 Å². The van der Waals surface area contributed by atoms with Gasteiger partial charge in [0, 0.05) is 5.02 Å². The third-order valence-electron chi connectivity index (χ3n) is 3.56. The predicted molar refractivity (Wildman–Crippen MR) is 106 cm³/mol. The van der Waals surface area contributed by atoms with Crippen molar-refractivity contribution in [2.24, 2.45) is 0 Å². The van der Waals surface area contributed by atoms with Gasteiger partial charge in [-0.1, -0.05) is 36.3 Å². The van der Waals surface area contributed by atoms with Crippen molar-refractivity contribution in [1.29, 1.82) is 0 Å². The van der Waals surface area contributed by atoms with Crippen molar-refractivity contribution in [3.8, 4) is 11.5 Å². The van der Waals surface area contributed by atoms with E-state index >= 15 is 0 Å². The number of fused-ring (bicyclic) bond motifs is 1. The van der Waals surface area contributed by atoms with Crippen LogP contribution >= 0.6 is 22.9 Å². The van der Waals surface area contributed by atoms with E-state index < -0.39 is 0 Å². The Morgan fingerprint density at radius 3 is 2.62 bits per heavy atom. The molecule has 1 N–H and O–H groups in total. The Hall–Kier alpha value is -2.31. The van der Waals surface area contributed by atoms with Crippen LogP contribution in [-0.4, -0.2) is 24.1 Å². The van der Waals surface area contributed by atoms with Crippen LogP contribution in [0.5, 0.6) is 11.5 Å². The van der Waals surface area contributed by atoms with Crippen molar-refractivity contribution in [1.82, 2.24) is 4.98 Å². The summed E-state index contributed by atoms with van der Waals surface area (Å²) in [6, 6.07) is 12.7. The minimum absolute atomic E-state index is 0.0906. The van der Waals surface area contributed by atoms with Crippen LogP contribution in [-0.2, 0) is 4.79 Å². The van der Waals surface area contributed by atoms with Crippen LogP contribution in [0.1, 0.15) is 19.8 Å². The molecule has 7 heteroatoms. The number of anilines is 1. The van der Waals surface area contributed by atoms with Crippen molar-refractivity contribution in [2.45, 2.75) is 19.8 Å². The summed E-state index contributed by atoms with van der Waals surface area (Å²) < 4.78 is 12.0. The Labute approximate surface area is 160 Å². The zero-order valence-electron chi connectivity index (χ0n) is 14.3. The maximum atomic E-state index is 12.1. The molecule has 5 nitrogen and oxygen atoms in total. The van der Waals surface area contributed by atoms with Gasteiger partial charge in [-0.2, -0.15) is 0 Å². The number of carbonyl (C=O) groups excluding carboxylic acids is 1. The molecule has 0 radical (unpaired) electrons. The van der Waals surface area contributed by atoms with Gasteiger partial charge in [-0.05, 0) is 48.9 Å². The molecule has 0 saturated carbocycles. The molecule has 0 aliphatic heterocycles. The number of carbonyl (C=O) groups is 1. The van der Waals surface area contributed by atoms with Crippen LogP contribution in [0.25, 0.3) is 10.2 Å². The fraction of sp³-hybridized carbons (Fsp3) is 0.263. The molecule has 0 saturated heterocycles. The maximum absolute atomic E-state index is 12.1. The van der Waals surface area contributed by atoms with Gasteiger partial charge in [-0.15, -0.1) is 0 Å². The van der Waals surface area contributed by atoms with Gasteiger partial charge in [-0.25, -0.2) is 4.98 Å². The highest BCUT2D eigenvalue weighted by molar-refractivity contribution is 7.22. The molecule has 136 valence electrons. The molecule has 0 aliphatic rings. The summed E-state index contributed by atoms with van der Waals surface area (Å²) in [7, 11) is 0. The van der Waals surface area contributed by atoms with Crippen molar-refractivity contribution in [3.63, 3.8) is 0 Å². The number of ether oxygens (including phenoxy) is 2. The number of unbranched alkanes of at least 4 members (excludes halogenated alkanes) is 1. The first-order chi connectivity index (χ1) is 12.6. The summed E-state index contributed by atoms with van der Waals surface area (Å²) in [5.41, 5.74) is 0.800. The fourth-order valence-corrected chi connectivity index (χ4v) is 3.38. The van der Waals surface area contributed by atoms with Crippen molar-refractivity contribution in [3.05, 3.63) is 47.5 Å².